The molecule has 4 heteroatoms. The van der Waals surface area contributed by atoms with Crippen molar-refractivity contribution in [1.29, 1.82) is 0 Å². The quantitative estimate of drug-likeness (QED) is 0.664. The van der Waals surface area contributed by atoms with Crippen LogP contribution >= 0.6 is 0 Å². The molecule has 0 spiro atoms. The Balaban J connectivity index is 2.09. The molecule has 0 saturated carbocycles. The average Bonchev–Trinajstić information content (AvgIpc) is 2.90. The number of carbonyl (C=O) groups excluding carboxylic acids is 1. The van der Waals surface area contributed by atoms with Crippen LogP contribution in [0.4, 0.5) is 0 Å². The molecule has 0 radical (unpaired) electrons. The average molecular weight is 242 g/mol. The molecule has 2 rings (SSSR count). The number of benzene rings is 1. The fourth-order valence-electron chi connectivity index (χ4n) is 1.56. The van der Waals surface area contributed by atoms with E-state index in [0.29, 0.717) is 17.0 Å². The first-order valence-electron chi connectivity index (χ1n) is 5.62. The van der Waals surface area contributed by atoms with E-state index in [1.165, 1.54) is 0 Å². The van der Waals surface area contributed by atoms with Crippen LogP contribution in [0, 0.1) is 6.92 Å². The summed E-state index contributed by atoms with van der Waals surface area (Å²) >= 11 is 0. The number of carbonyl (C=O) groups is 1. The second-order valence-corrected chi connectivity index (χ2v) is 3.93. The van der Waals surface area contributed by atoms with Gasteiger partial charge in [-0.1, -0.05) is 18.2 Å². The molecule has 0 aliphatic rings. The second kappa shape index (κ2) is 5.31. The molecule has 0 aliphatic carbocycles. The summed E-state index contributed by atoms with van der Waals surface area (Å²) in [5.41, 5.74) is 4.68. The molecule has 92 valence electrons. The molecule has 1 aromatic carbocycles. The van der Waals surface area contributed by atoms with Crippen LogP contribution in [0.3, 0.4) is 0 Å². The van der Waals surface area contributed by atoms with Gasteiger partial charge in [0.25, 0.3) is 5.91 Å². The highest BCUT2D eigenvalue weighted by atomic mass is 16.3. The van der Waals surface area contributed by atoms with E-state index in [2.05, 4.69) is 10.5 Å². The monoisotopic (exact) mass is 242 g/mol. The van der Waals surface area contributed by atoms with Crippen LogP contribution in [0.1, 0.15) is 28.6 Å². The maximum atomic E-state index is 11.9. The molecule has 1 N–H and O–H groups in total. The Labute approximate surface area is 105 Å². The molecule has 0 unspecified atom stereocenters. The number of amides is 1. The highest BCUT2D eigenvalue weighted by molar-refractivity contribution is 5.99. The molecule has 0 fully saturated rings. The Morgan fingerprint density at radius 1 is 1.22 bits per heavy atom. The van der Waals surface area contributed by atoms with Gasteiger partial charge in [-0.25, -0.2) is 5.43 Å². The lowest BCUT2D eigenvalue weighted by atomic mass is 10.1. The van der Waals surface area contributed by atoms with Crippen molar-refractivity contribution in [2.75, 3.05) is 0 Å². The molecule has 4 nitrogen and oxygen atoms in total. The summed E-state index contributed by atoms with van der Waals surface area (Å²) in [6.45, 7) is 3.66. The van der Waals surface area contributed by atoms with E-state index in [1.807, 2.05) is 25.1 Å². The summed E-state index contributed by atoms with van der Waals surface area (Å²) in [7, 11) is 0. The number of nitrogens with one attached hydrogen (secondary N) is 1. The van der Waals surface area contributed by atoms with Crippen molar-refractivity contribution in [2.45, 2.75) is 13.8 Å². The van der Waals surface area contributed by atoms with E-state index in [4.69, 9.17) is 4.42 Å². The SMILES string of the molecule is CC(=NNC(=O)c1ccccc1C)c1ccco1. The number of rotatable bonds is 3. The van der Waals surface area contributed by atoms with E-state index < -0.39 is 0 Å². The molecule has 1 aromatic heterocycles. The van der Waals surface area contributed by atoms with Crippen LogP contribution in [0.25, 0.3) is 0 Å². The van der Waals surface area contributed by atoms with Crippen molar-refractivity contribution in [3.8, 4) is 0 Å². The van der Waals surface area contributed by atoms with Gasteiger partial charge in [0, 0.05) is 5.56 Å². The number of hydrazone groups is 1. The lowest BCUT2D eigenvalue weighted by Crippen LogP contribution is -2.20. The summed E-state index contributed by atoms with van der Waals surface area (Å²) in [6, 6.07) is 10.9. The first kappa shape index (κ1) is 12.1. The number of furan rings is 1. The van der Waals surface area contributed by atoms with E-state index >= 15 is 0 Å². The minimum Gasteiger partial charge on any atom is -0.463 e. The predicted octanol–water partition coefficient (Wildman–Crippen LogP) is 2.74. The predicted molar refractivity (Wildman–Crippen MR) is 69.6 cm³/mol. The number of nitrogens with zero attached hydrogens (tertiary/aromatic N) is 1. The molecular weight excluding hydrogens is 228 g/mol. The topological polar surface area (TPSA) is 54.6 Å². The van der Waals surface area contributed by atoms with Gasteiger partial charge in [0.1, 0.15) is 11.5 Å². The fourth-order valence-corrected chi connectivity index (χ4v) is 1.56. The van der Waals surface area contributed by atoms with Crippen LogP contribution in [-0.2, 0) is 0 Å². The smallest absolute Gasteiger partial charge is 0.271 e. The first-order chi connectivity index (χ1) is 8.68. The highest BCUT2D eigenvalue weighted by Gasteiger charge is 2.07. The van der Waals surface area contributed by atoms with Crippen LogP contribution in [0.5, 0.6) is 0 Å². The normalized spacial score (nSPS) is 11.3. The maximum absolute atomic E-state index is 11.9. The van der Waals surface area contributed by atoms with Gasteiger partial charge in [-0.3, -0.25) is 4.79 Å². The Morgan fingerprint density at radius 3 is 2.67 bits per heavy atom. The number of hydrogen-bond donors (Lipinski definition) is 1. The molecule has 0 aliphatic heterocycles. The van der Waals surface area contributed by atoms with Gasteiger partial charge in [-0.15, -0.1) is 0 Å². The zero-order valence-corrected chi connectivity index (χ0v) is 10.3. The van der Waals surface area contributed by atoms with Crippen molar-refractivity contribution < 1.29 is 9.21 Å². The fraction of sp³-hybridized carbons (Fsp3) is 0.143. The summed E-state index contributed by atoms with van der Waals surface area (Å²) < 4.78 is 5.17. The number of hydrogen-bond acceptors (Lipinski definition) is 3. The molecule has 0 saturated heterocycles. The summed E-state index contributed by atoms with van der Waals surface area (Å²) in [6.07, 6.45) is 1.57. The molecule has 1 heterocycles. The zero-order valence-electron chi connectivity index (χ0n) is 10.3. The standard InChI is InChI=1S/C14H14N2O2/c1-10-6-3-4-7-12(10)14(17)16-15-11(2)13-8-5-9-18-13/h3-9H,1-2H3,(H,16,17). The van der Waals surface area contributed by atoms with Crippen LogP contribution in [0.2, 0.25) is 0 Å². The van der Waals surface area contributed by atoms with E-state index in [0.717, 1.165) is 5.56 Å². The van der Waals surface area contributed by atoms with Gasteiger partial charge in [0.05, 0.1) is 6.26 Å². The van der Waals surface area contributed by atoms with Gasteiger partial charge in [-0.05, 0) is 37.6 Å². The third-order valence-corrected chi connectivity index (χ3v) is 2.59. The van der Waals surface area contributed by atoms with E-state index in [9.17, 15) is 4.79 Å². The summed E-state index contributed by atoms with van der Waals surface area (Å²) in [4.78, 5) is 11.9. The van der Waals surface area contributed by atoms with Crippen molar-refractivity contribution in [2.24, 2.45) is 5.10 Å². The van der Waals surface area contributed by atoms with Gasteiger partial charge in [0.2, 0.25) is 0 Å². The van der Waals surface area contributed by atoms with Gasteiger partial charge in [-0.2, -0.15) is 5.10 Å². The molecule has 0 atom stereocenters. The Bertz CT molecular complexity index is 571. The van der Waals surface area contributed by atoms with Crippen molar-refractivity contribution in [3.63, 3.8) is 0 Å². The minimum absolute atomic E-state index is 0.223. The van der Waals surface area contributed by atoms with Gasteiger partial charge >= 0.3 is 0 Å². The van der Waals surface area contributed by atoms with Gasteiger partial charge in [0.15, 0.2) is 0 Å². The van der Waals surface area contributed by atoms with Crippen LogP contribution < -0.4 is 5.43 Å². The third kappa shape index (κ3) is 2.66. The molecule has 18 heavy (non-hydrogen) atoms. The van der Waals surface area contributed by atoms with Gasteiger partial charge < -0.3 is 4.42 Å². The Kier molecular flexibility index (Phi) is 3.57. The Morgan fingerprint density at radius 2 is 2.00 bits per heavy atom. The largest absolute Gasteiger partial charge is 0.463 e. The van der Waals surface area contributed by atoms with Crippen molar-refractivity contribution in [3.05, 3.63) is 59.5 Å². The van der Waals surface area contributed by atoms with Crippen molar-refractivity contribution >= 4 is 11.6 Å². The lowest BCUT2D eigenvalue weighted by Gasteiger charge is -2.03. The Hall–Kier alpha value is -2.36. The first-order valence-corrected chi connectivity index (χ1v) is 5.62. The van der Waals surface area contributed by atoms with Crippen molar-refractivity contribution in [1.82, 2.24) is 5.43 Å². The molecule has 1 amide bonds. The van der Waals surface area contributed by atoms with E-state index in [-0.39, 0.29) is 5.91 Å². The molecule has 0 bridgehead atoms. The molecular formula is C14H14N2O2. The van der Waals surface area contributed by atoms with Crippen LogP contribution in [0.15, 0.2) is 52.2 Å². The highest BCUT2D eigenvalue weighted by Crippen LogP contribution is 2.07. The second-order valence-electron chi connectivity index (χ2n) is 3.93. The zero-order chi connectivity index (χ0) is 13.0. The third-order valence-electron chi connectivity index (χ3n) is 2.59. The summed E-state index contributed by atoms with van der Waals surface area (Å²) in [5, 5.41) is 4.01. The summed E-state index contributed by atoms with van der Waals surface area (Å²) in [5.74, 6) is 0.416. The lowest BCUT2D eigenvalue weighted by molar-refractivity contribution is 0.0954. The maximum Gasteiger partial charge on any atom is 0.271 e. The molecule has 2 aromatic rings. The van der Waals surface area contributed by atoms with E-state index in [1.54, 1.807) is 31.4 Å². The number of aryl methyl sites for hydroxylation is 1. The van der Waals surface area contributed by atoms with Crippen LogP contribution in [-0.4, -0.2) is 11.6 Å². The minimum atomic E-state index is -0.223.